The van der Waals surface area contributed by atoms with Crippen LogP contribution >= 0.6 is 0 Å². The fourth-order valence-corrected chi connectivity index (χ4v) is 2.95. The van der Waals surface area contributed by atoms with Crippen LogP contribution in [0, 0.1) is 0 Å². The van der Waals surface area contributed by atoms with Gasteiger partial charge in [0.2, 0.25) is 11.8 Å². The van der Waals surface area contributed by atoms with Crippen LogP contribution < -0.4 is 15.3 Å². The molecule has 2 heterocycles. The summed E-state index contributed by atoms with van der Waals surface area (Å²) in [7, 11) is -1.37. The van der Waals surface area contributed by atoms with Crippen LogP contribution in [0.2, 0.25) is 0 Å². The number of hydrogen-bond donors (Lipinski definition) is 4. The van der Waals surface area contributed by atoms with Gasteiger partial charge in [-0.2, -0.15) is 0 Å². The first-order valence-corrected chi connectivity index (χ1v) is 7.93. The van der Waals surface area contributed by atoms with E-state index in [1.54, 1.807) is 12.1 Å². The molecule has 0 radical (unpaired) electrons. The number of piperazine rings is 1. The van der Waals surface area contributed by atoms with E-state index >= 15 is 0 Å². The predicted octanol–water partition coefficient (Wildman–Crippen LogP) is -1.74. The lowest BCUT2D eigenvalue weighted by Crippen LogP contribution is -2.57. The van der Waals surface area contributed by atoms with Crippen molar-refractivity contribution in [1.29, 1.82) is 0 Å². The number of amides is 2. The quantitative estimate of drug-likeness (QED) is 0.476. The summed E-state index contributed by atoms with van der Waals surface area (Å²) in [6, 6.07) is 4.66. The highest BCUT2D eigenvalue weighted by Crippen LogP contribution is 2.30. The fraction of sp³-hybridized carbons (Fsp3) is 0.400. The molecule has 1 fully saturated rings. The van der Waals surface area contributed by atoms with Gasteiger partial charge < -0.3 is 30.3 Å². The molecule has 0 aromatic heterocycles. The van der Waals surface area contributed by atoms with Crippen LogP contribution in [-0.2, 0) is 16.0 Å². The molecule has 1 saturated heterocycles. The molecule has 2 aliphatic heterocycles. The summed E-state index contributed by atoms with van der Waals surface area (Å²) in [5.41, 5.74) is 0.557. The summed E-state index contributed by atoms with van der Waals surface area (Å²) in [4.78, 5) is 36.5. The first-order valence-electron chi connectivity index (χ1n) is 7.93. The van der Waals surface area contributed by atoms with Crippen LogP contribution in [0.5, 0.6) is 5.75 Å². The van der Waals surface area contributed by atoms with E-state index in [1.165, 1.54) is 11.0 Å². The molecule has 25 heavy (non-hydrogen) atoms. The second-order valence-electron chi connectivity index (χ2n) is 5.98. The highest BCUT2D eigenvalue weighted by Gasteiger charge is 2.38. The van der Waals surface area contributed by atoms with E-state index in [1.807, 2.05) is 0 Å². The van der Waals surface area contributed by atoms with Crippen molar-refractivity contribution in [3.8, 4) is 5.75 Å². The number of para-hydroxylation sites is 1. The highest BCUT2D eigenvalue weighted by molar-refractivity contribution is 6.47. The van der Waals surface area contributed by atoms with E-state index < -0.39 is 24.9 Å². The van der Waals surface area contributed by atoms with Crippen LogP contribution in [0.15, 0.2) is 18.2 Å². The van der Waals surface area contributed by atoms with Crippen LogP contribution in [0.25, 0.3) is 0 Å². The van der Waals surface area contributed by atoms with Gasteiger partial charge in [0, 0.05) is 13.1 Å². The number of fused-ring (bicyclic) bond motifs is 1. The van der Waals surface area contributed by atoms with Gasteiger partial charge in [0.1, 0.15) is 5.75 Å². The SMILES string of the molecule is O=C(CN1CCNCC1=O)NC1Cc2cccc(C(=O)O)c2OB1O. The Hall–Kier alpha value is -2.59. The minimum Gasteiger partial charge on any atom is -0.534 e. The zero-order valence-electron chi connectivity index (χ0n) is 13.4. The number of hydrogen-bond acceptors (Lipinski definition) is 6. The Morgan fingerprint density at radius 3 is 2.96 bits per heavy atom. The predicted molar refractivity (Wildman–Crippen MR) is 87.1 cm³/mol. The number of carbonyl (C=O) groups is 3. The molecule has 3 rings (SSSR count). The zero-order valence-corrected chi connectivity index (χ0v) is 13.4. The van der Waals surface area contributed by atoms with Crippen LogP contribution in [0.3, 0.4) is 0 Å². The van der Waals surface area contributed by atoms with E-state index in [0.717, 1.165) is 0 Å². The lowest BCUT2D eigenvalue weighted by atomic mass is 9.72. The molecule has 9 nitrogen and oxygen atoms in total. The topological polar surface area (TPSA) is 128 Å². The Morgan fingerprint density at radius 1 is 1.44 bits per heavy atom. The third-order valence-electron chi connectivity index (χ3n) is 4.22. The maximum atomic E-state index is 12.2. The molecule has 2 amide bonds. The number of rotatable bonds is 4. The Bertz CT molecular complexity index is 713. The minimum absolute atomic E-state index is 0.0345. The molecular formula is C15H18BN3O6. The molecular weight excluding hydrogens is 329 g/mol. The number of carboxylic acid groups (broad SMARTS) is 1. The highest BCUT2D eigenvalue weighted by atomic mass is 16.5. The van der Waals surface area contributed by atoms with E-state index in [2.05, 4.69) is 10.6 Å². The van der Waals surface area contributed by atoms with Crippen molar-refractivity contribution in [3.63, 3.8) is 0 Å². The number of carboxylic acids is 1. The van der Waals surface area contributed by atoms with Gasteiger partial charge in [-0.15, -0.1) is 0 Å². The summed E-state index contributed by atoms with van der Waals surface area (Å²) < 4.78 is 5.32. The summed E-state index contributed by atoms with van der Waals surface area (Å²) in [5, 5.41) is 24.9. The molecule has 1 unspecified atom stereocenters. The monoisotopic (exact) mass is 347 g/mol. The molecule has 1 aromatic rings. The van der Waals surface area contributed by atoms with Crippen molar-refractivity contribution in [3.05, 3.63) is 29.3 Å². The number of carbonyl (C=O) groups excluding carboxylic acids is 2. The second kappa shape index (κ2) is 7.12. The molecule has 0 aliphatic carbocycles. The van der Waals surface area contributed by atoms with Crippen molar-refractivity contribution in [1.82, 2.24) is 15.5 Å². The summed E-state index contributed by atoms with van der Waals surface area (Å²) in [5.74, 6) is -2.31. The zero-order chi connectivity index (χ0) is 18.0. The normalized spacial score (nSPS) is 19.9. The molecule has 1 aromatic carbocycles. The third-order valence-corrected chi connectivity index (χ3v) is 4.22. The van der Waals surface area contributed by atoms with E-state index in [4.69, 9.17) is 4.65 Å². The first kappa shape index (κ1) is 17.2. The van der Waals surface area contributed by atoms with Gasteiger partial charge in [-0.1, -0.05) is 12.1 Å². The van der Waals surface area contributed by atoms with Crippen molar-refractivity contribution in [2.24, 2.45) is 0 Å². The van der Waals surface area contributed by atoms with Crippen molar-refractivity contribution in [2.45, 2.75) is 12.4 Å². The van der Waals surface area contributed by atoms with Crippen LogP contribution in [0.4, 0.5) is 0 Å². The van der Waals surface area contributed by atoms with Gasteiger partial charge in [0.05, 0.1) is 24.6 Å². The van der Waals surface area contributed by atoms with Crippen LogP contribution in [0.1, 0.15) is 15.9 Å². The smallest absolute Gasteiger partial charge is 0.534 e. The molecule has 0 spiro atoms. The summed E-state index contributed by atoms with van der Waals surface area (Å²) >= 11 is 0. The number of aromatic carboxylic acids is 1. The first-order chi connectivity index (χ1) is 12.0. The molecule has 1 atom stereocenters. The van der Waals surface area contributed by atoms with Crippen molar-refractivity contribution >= 4 is 24.9 Å². The van der Waals surface area contributed by atoms with Gasteiger partial charge in [-0.25, -0.2) is 4.79 Å². The molecule has 2 aliphatic rings. The summed E-state index contributed by atoms with van der Waals surface area (Å²) in [6.45, 7) is 1.18. The van der Waals surface area contributed by atoms with Crippen molar-refractivity contribution in [2.75, 3.05) is 26.2 Å². The Morgan fingerprint density at radius 2 is 2.24 bits per heavy atom. The lowest BCUT2D eigenvalue weighted by Gasteiger charge is -2.30. The molecule has 132 valence electrons. The standard InChI is InChI=1S/C15H18BN3O6/c20-12(8-19-5-4-17-7-13(19)21)18-11-6-9-2-1-3-10(15(22)23)14(9)25-16(11)24/h1-3,11,17,24H,4-8H2,(H,18,20)(H,22,23). The van der Waals surface area contributed by atoms with E-state index in [9.17, 15) is 24.5 Å². The van der Waals surface area contributed by atoms with Crippen molar-refractivity contribution < 1.29 is 29.2 Å². The Labute approximate surface area is 144 Å². The number of nitrogens with zero attached hydrogens (tertiary/aromatic N) is 1. The average molecular weight is 347 g/mol. The van der Waals surface area contributed by atoms with E-state index in [0.29, 0.717) is 18.7 Å². The van der Waals surface area contributed by atoms with Gasteiger partial charge in [0.25, 0.3) is 0 Å². The number of benzene rings is 1. The van der Waals surface area contributed by atoms with Crippen LogP contribution in [-0.4, -0.2) is 72.1 Å². The third kappa shape index (κ3) is 3.75. The van der Waals surface area contributed by atoms with E-state index in [-0.39, 0.29) is 36.7 Å². The Kier molecular flexibility index (Phi) is 4.91. The summed E-state index contributed by atoms with van der Waals surface area (Å²) in [6.07, 6.45) is 0.235. The average Bonchev–Trinajstić information content (AvgIpc) is 2.57. The molecule has 0 saturated carbocycles. The van der Waals surface area contributed by atoms with Gasteiger partial charge in [-0.3, -0.25) is 9.59 Å². The number of nitrogens with one attached hydrogen (secondary N) is 2. The fourth-order valence-electron chi connectivity index (χ4n) is 2.95. The Balaban J connectivity index is 1.66. The van der Waals surface area contributed by atoms with Gasteiger partial charge in [-0.05, 0) is 18.1 Å². The van der Waals surface area contributed by atoms with Gasteiger partial charge >= 0.3 is 13.1 Å². The minimum atomic E-state index is -1.37. The maximum absolute atomic E-state index is 12.2. The van der Waals surface area contributed by atoms with Gasteiger partial charge in [0.15, 0.2) is 0 Å². The second-order valence-corrected chi connectivity index (χ2v) is 5.98. The largest absolute Gasteiger partial charge is 0.547 e. The molecule has 4 N–H and O–H groups in total. The molecule has 0 bridgehead atoms. The molecule has 10 heteroatoms. The lowest BCUT2D eigenvalue weighted by molar-refractivity contribution is -0.136. The maximum Gasteiger partial charge on any atom is 0.547 e.